The van der Waals surface area contributed by atoms with Crippen molar-refractivity contribution in [3.63, 3.8) is 0 Å². The van der Waals surface area contributed by atoms with Crippen molar-refractivity contribution in [1.29, 1.82) is 5.26 Å². The highest BCUT2D eigenvalue weighted by Crippen LogP contribution is 2.31. The second kappa shape index (κ2) is 6.34. The maximum atomic E-state index is 14.1. The van der Waals surface area contributed by atoms with Crippen LogP contribution in [0.2, 0.25) is 0 Å². The monoisotopic (exact) mass is 333 g/mol. The number of nitrogens with one attached hydrogen (secondary N) is 1. The summed E-state index contributed by atoms with van der Waals surface area (Å²) >= 11 is 1.26. The Balaban J connectivity index is 1.77. The molecule has 2 aromatic rings. The highest BCUT2D eigenvalue weighted by atomic mass is 32.1. The smallest absolute Gasteiger partial charge is 0.244 e. The Kier molecular flexibility index (Phi) is 4.26. The van der Waals surface area contributed by atoms with Gasteiger partial charge in [-0.2, -0.15) is 5.26 Å². The fraction of sp³-hybridized carbons (Fsp3) is 0.250. The van der Waals surface area contributed by atoms with Gasteiger partial charge in [0, 0.05) is 12.6 Å². The minimum absolute atomic E-state index is 0.0433. The van der Waals surface area contributed by atoms with Gasteiger partial charge < -0.3 is 10.2 Å². The van der Waals surface area contributed by atoms with Crippen molar-refractivity contribution >= 4 is 27.9 Å². The van der Waals surface area contributed by atoms with Gasteiger partial charge in [-0.3, -0.25) is 4.79 Å². The number of carbonyl (C=O) groups excluding carboxylic acids is 1. The van der Waals surface area contributed by atoms with Gasteiger partial charge in [-0.25, -0.2) is 8.78 Å². The molecule has 1 aliphatic rings. The zero-order valence-corrected chi connectivity index (χ0v) is 12.9. The lowest BCUT2D eigenvalue weighted by atomic mass is 10.0. The van der Waals surface area contributed by atoms with Crippen LogP contribution in [-0.2, 0) is 11.2 Å². The molecule has 1 N–H and O–H groups in total. The largest absolute Gasteiger partial charge is 0.360 e. The van der Waals surface area contributed by atoms with E-state index in [0.29, 0.717) is 34.8 Å². The summed E-state index contributed by atoms with van der Waals surface area (Å²) in [6.07, 6.45) is 1.32. The third kappa shape index (κ3) is 3.17. The summed E-state index contributed by atoms with van der Waals surface area (Å²) in [4.78, 5) is 13.8. The molecule has 1 aliphatic heterocycles. The van der Waals surface area contributed by atoms with Gasteiger partial charge in [0.15, 0.2) is 0 Å². The van der Waals surface area contributed by atoms with E-state index in [0.717, 1.165) is 12.5 Å². The molecule has 23 heavy (non-hydrogen) atoms. The first-order chi connectivity index (χ1) is 11.1. The van der Waals surface area contributed by atoms with Crippen LogP contribution in [0, 0.1) is 23.0 Å². The molecular weight excluding hydrogens is 320 g/mol. The molecule has 0 saturated heterocycles. The molecule has 7 heteroatoms. The van der Waals surface area contributed by atoms with Crippen molar-refractivity contribution in [3.8, 4) is 6.07 Å². The lowest BCUT2D eigenvalue weighted by molar-refractivity contribution is -0.115. The van der Waals surface area contributed by atoms with Gasteiger partial charge >= 0.3 is 0 Å². The van der Waals surface area contributed by atoms with Crippen LogP contribution < -0.4 is 10.2 Å². The Morgan fingerprint density at radius 2 is 2.26 bits per heavy atom. The van der Waals surface area contributed by atoms with Crippen LogP contribution in [0.1, 0.15) is 17.5 Å². The van der Waals surface area contributed by atoms with Crippen LogP contribution in [0.4, 0.5) is 19.5 Å². The van der Waals surface area contributed by atoms with Gasteiger partial charge in [0.1, 0.15) is 22.7 Å². The third-order valence-electron chi connectivity index (χ3n) is 3.67. The number of amides is 1. The molecule has 2 heterocycles. The first kappa shape index (κ1) is 15.4. The summed E-state index contributed by atoms with van der Waals surface area (Å²) < 4.78 is 27.4. The average molecular weight is 333 g/mol. The molecule has 0 atom stereocenters. The van der Waals surface area contributed by atoms with Gasteiger partial charge in [-0.05, 0) is 35.9 Å². The number of carbonyl (C=O) groups is 1. The molecule has 118 valence electrons. The van der Waals surface area contributed by atoms with Crippen LogP contribution in [0.5, 0.6) is 0 Å². The molecular formula is C16H13F2N3OS. The molecule has 0 spiro atoms. The fourth-order valence-electron chi connectivity index (χ4n) is 2.73. The van der Waals surface area contributed by atoms with Crippen LogP contribution in [0.3, 0.4) is 0 Å². The Hall–Kier alpha value is -2.46. The summed E-state index contributed by atoms with van der Waals surface area (Å²) in [6.45, 7) is 0.483. The number of fused-ring (bicyclic) bond motifs is 1. The molecule has 4 nitrogen and oxygen atoms in total. The summed E-state index contributed by atoms with van der Waals surface area (Å²) in [7, 11) is 0. The van der Waals surface area contributed by atoms with Crippen molar-refractivity contribution < 1.29 is 13.6 Å². The van der Waals surface area contributed by atoms with E-state index in [9.17, 15) is 13.6 Å². The van der Waals surface area contributed by atoms with E-state index in [2.05, 4.69) is 5.32 Å². The first-order valence-corrected chi connectivity index (χ1v) is 7.97. The van der Waals surface area contributed by atoms with Gasteiger partial charge in [0.05, 0.1) is 17.8 Å². The number of nitriles is 1. The summed E-state index contributed by atoms with van der Waals surface area (Å²) in [5.74, 6) is -1.59. The summed E-state index contributed by atoms with van der Waals surface area (Å²) in [5.41, 5.74) is 1.27. The number of thiophene rings is 1. The Labute approximate surface area is 136 Å². The molecule has 3 rings (SSSR count). The molecule has 1 amide bonds. The standard InChI is InChI=1S/C16H13F2N3OS/c17-12-6-10-2-1-4-21(15(10)13(18)7-12)9-14(22)20-16-11(8-19)3-5-23-16/h3,5-7H,1-2,4,9H2,(H,20,22). The van der Waals surface area contributed by atoms with Gasteiger partial charge in [0.25, 0.3) is 0 Å². The number of anilines is 2. The summed E-state index contributed by atoms with van der Waals surface area (Å²) in [5, 5.41) is 13.8. The zero-order valence-electron chi connectivity index (χ0n) is 12.1. The maximum absolute atomic E-state index is 14.1. The molecule has 0 unspecified atom stereocenters. The summed E-state index contributed by atoms with van der Waals surface area (Å²) in [6, 6.07) is 5.77. The minimum atomic E-state index is -0.652. The average Bonchev–Trinajstić information content (AvgIpc) is 2.93. The van der Waals surface area contributed by atoms with Crippen molar-refractivity contribution in [2.75, 3.05) is 23.3 Å². The van der Waals surface area contributed by atoms with Crippen molar-refractivity contribution in [2.45, 2.75) is 12.8 Å². The Bertz CT molecular complexity index is 797. The number of hydrogen-bond donors (Lipinski definition) is 1. The van der Waals surface area contributed by atoms with Crippen LogP contribution >= 0.6 is 11.3 Å². The van der Waals surface area contributed by atoms with Crippen molar-refractivity contribution in [3.05, 3.63) is 46.3 Å². The van der Waals surface area contributed by atoms with E-state index in [4.69, 9.17) is 5.26 Å². The number of hydrogen-bond acceptors (Lipinski definition) is 4. The molecule has 0 saturated carbocycles. The van der Waals surface area contributed by atoms with Gasteiger partial charge in [-0.15, -0.1) is 11.3 Å². The highest BCUT2D eigenvalue weighted by molar-refractivity contribution is 7.14. The number of aryl methyl sites for hydroxylation is 1. The van der Waals surface area contributed by atoms with E-state index in [1.807, 2.05) is 6.07 Å². The van der Waals surface area contributed by atoms with Crippen molar-refractivity contribution in [2.24, 2.45) is 0 Å². The number of rotatable bonds is 3. The van der Waals surface area contributed by atoms with Gasteiger partial charge in [-0.1, -0.05) is 0 Å². The second-order valence-corrected chi connectivity index (χ2v) is 6.16. The van der Waals surface area contributed by atoms with Gasteiger partial charge in [0.2, 0.25) is 5.91 Å². The lowest BCUT2D eigenvalue weighted by Crippen LogP contribution is -2.37. The zero-order chi connectivity index (χ0) is 16.4. The maximum Gasteiger partial charge on any atom is 0.244 e. The quantitative estimate of drug-likeness (QED) is 0.938. The SMILES string of the molecule is N#Cc1ccsc1NC(=O)CN1CCCc2cc(F)cc(F)c21. The van der Waals surface area contributed by atoms with E-state index in [1.165, 1.54) is 17.4 Å². The molecule has 0 aliphatic carbocycles. The number of halogens is 2. The predicted octanol–water partition coefficient (Wildman–Crippen LogP) is 3.29. The van der Waals surface area contributed by atoms with E-state index in [-0.39, 0.29) is 12.5 Å². The third-order valence-corrected chi connectivity index (χ3v) is 4.50. The van der Waals surface area contributed by atoms with E-state index < -0.39 is 11.6 Å². The molecule has 0 fully saturated rings. The van der Waals surface area contributed by atoms with E-state index in [1.54, 1.807) is 16.3 Å². The molecule has 1 aromatic carbocycles. The molecule has 0 radical (unpaired) electrons. The molecule has 1 aromatic heterocycles. The first-order valence-electron chi connectivity index (χ1n) is 7.09. The predicted molar refractivity (Wildman–Crippen MR) is 84.6 cm³/mol. The Morgan fingerprint density at radius 1 is 1.43 bits per heavy atom. The normalized spacial score (nSPS) is 13.3. The number of benzene rings is 1. The lowest BCUT2D eigenvalue weighted by Gasteiger charge is -2.31. The van der Waals surface area contributed by atoms with Crippen LogP contribution in [0.25, 0.3) is 0 Å². The highest BCUT2D eigenvalue weighted by Gasteiger charge is 2.24. The van der Waals surface area contributed by atoms with Crippen LogP contribution in [-0.4, -0.2) is 19.0 Å². The topological polar surface area (TPSA) is 56.1 Å². The fourth-order valence-corrected chi connectivity index (χ4v) is 3.48. The van der Waals surface area contributed by atoms with Crippen LogP contribution in [0.15, 0.2) is 23.6 Å². The second-order valence-electron chi connectivity index (χ2n) is 5.24. The van der Waals surface area contributed by atoms with E-state index >= 15 is 0 Å². The minimum Gasteiger partial charge on any atom is -0.360 e. The molecule has 0 bridgehead atoms. The van der Waals surface area contributed by atoms with Crippen molar-refractivity contribution in [1.82, 2.24) is 0 Å². The number of nitrogens with zero attached hydrogens (tertiary/aromatic N) is 2. The Morgan fingerprint density at radius 3 is 3.04 bits per heavy atom.